The molecule has 0 bridgehead atoms. The third kappa shape index (κ3) is 4.68. The Balaban J connectivity index is 1.58. The fourth-order valence-electron chi connectivity index (χ4n) is 5.17. The molecule has 2 aromatic carbocycles. The second-order valence-electron chi connectivity index (χ2n) is 8.82. The Kier molecular flexibility index (Phi) is 7.13. The Morgan fingerprint density at radius 2 is 1.69 bits per heavy atom. The van der Waals surface area contributed by atoms with Crippen LogP contribution in [0.4, 0.5) is 17.1 Å². The number of anilines is 2. The summed E-state index contributed by atoms with van der Waals surface area (Å²) < 4.78 is 18.6. The molecular formula is C26H36N3O3+. The highest BCUT2D eigenvalue weighted by atomic mass is 16.8. The predicted molar refractivity (Wildman–Crippen MR) is 129 cm³/mol. The van der Waals surface area contributed by atoms with Crippen LogP contribution in [-0.4, -0.2) is 63.9 Å². The number of para-hydroxylation sites is 2. The van der Waals surface area contributed by atoms with E-state index in [2.05, 4.69) is 77.9 Å². The van der Waals surface area contributed by atoms with Crippen LogP contribution in [0.1, 0.15) is 29.5 Å². The van der Waals surface area contributed by atoms with Gasteiger partial charge in [0, 0.05) is 20.8 Å². The van der Waals surface area contributed by atoms with E-state index in [-0.39, 0.29) is 0 Å². The first-order chi connectivity index (χ1) is 15.5. The molecule has 0 saturated carbocycles. The van der Waals surface area contributed by atoms with Crippen molar-refractivity contribution in [2.75, 3.05) is 50.3 Å². The Morgan fingerprint density at radius 3 is 2.38 bits per heavy atom. The van der Waals surface area contributed by atoms with Crippen LogP contribution in [0.3, 0.4) is 0 Å². The zero-order chi connectivity index (χ0) is 22.7. The molecule has 1 atom stereocenters. The maximum absolute atomic E-state index is 5.84. The number of hydrogen-bond donors (Lipinski definition) is 0. The first-order valence-electron chi connectivity index (χ1n) is 11.5. The Bertz CT molecular complexity index is 948. The topological polar surface area (TPSA) is 37.2 Å². The lowest BCUT2D eigenvalue weighted by Crippen LogP contribution is -2.36. The SMILES string of the molecule is COC(OC)OC[C@@H]1CCCN1c1ccccc1N1C=[N+](c2c(C)cc(C)cc2C)CC1. The van der Waals surface area contributed by atoms with Crippen molar-refractivity contribution in [3.63, 3.8) is 0 Å². The van der Waals surface area contributed by atoms with Crippen LogP contribution >= 0.6 is 0 Å². The van der Waals surface area contributed by atoms with Crippen LogP contribution in [-0.2, 0) is 14.2 Å². The molecule has 2 heterocycles. The molecule has 2 aliphatic rings. The molecule has 1 saturated heterocycles. The summed E-state index contributed by atoms with van der Waals surface area (Å²) in [5, 5.41) is 0. The van der Waals surface area contributed by atoms with Gasteiger partial charge in [0.15, 0.2) is 0 Å². The fourth-order valence-corrected chi connectivity index (χ4v) is 5.17. The van der Waals surface area contributed by atoms with Crippen molar-refractivity contribution in [1.82, 2.24) is 0 Å². The van der Waals surface area contributed by atoms with Crippen molar-refractivity contribution in [1.29, 1.82) is 0 Å². The smallest absolute Gasteiger partial charge is 0.271 e. The maximum Gasteiger partial charge on any atom is 0.271 e. The summed E-state index contributed by atoms with van der Waals surface area (Å²) in [4.78, 5) is 4.87. The van der Waals surface area contributed by atoms with Gasteiger partial charge >= 0.3 is 0 Å². The predicted octanol–water partition coefficient (Wildman–Crippen LogP) is 4.37. The minimum Gasteiger partial charge on any atom is -0.363 e. The summed E-state index contributed by atoms with van der Waals surface area (Å²) in [7, 11) is 3.20. The van der Waals surface area contributed by atoms with Crippen LogP contribution in [0.5, 0.6) is 0 Å². The van der Waals surface area contributed by atoms with Gasteiger partial charge in [-0.2, -0.15) is 0 Å². The van der Waals surface area contributed by atoms with Gasteiger partial charge < -0.3 is 19.1 Å². The van der Waals surface area contributed by atoms with Crippen LogP contribution in [0.15, 0.2) is 36.4 Å². The van der Waals surface area contributed by atoms with E-state index in [1.54, 1.807) is 14.2 Å². The number of benzene rings is 2. The number of nitrogens with zero attached hydrogens (tertiary/aromatic N) is 3. The Morgan fingerprint density at radius 1 is 1.00 bits per heavy atom. The molecule has 32 heavy (non-hydrogen) atoms. The highest BCUT2D eigenvalue weighted by Gasteiger charge is 2.32. The average molecular weight is 439 g/mol. The molecule has 1 fully saturated rings. The molecule has 0 aliphatic carbocycles. The van der Waals surface area contributed by atoms with Crippen molar-refractivity contribution >= 4 is 23.4 Å². The van der Waals surface area contributed by atoms with Crippen molar-refractivity contribution in [2.24, 2.45) is 0 Å². The molecule has 0 spiro atoms. The second-order valence-corrected chi connectivity index (χ2v) is 8.82. The first-order valence-corrected chi connectivity index (χ1v) is 11.5. The summed E-state index contributed by atoms with van der Waals surface area (Å²) in [6.07, 6.45) is 4.54. The minimum absolute atomic E-state index is 0.309. The number of methoxy groups -OCH3 is 2. The molecule has 0 radical (unpaired) electrons. The quantitative estimate of drug-likeness (QED) is 0.452. The van der Waals surface area contributed by atoms with Gasteiger partial charge in [0.05, 0.1) is 18.3 Å². The number of aryl methyl sites for hydroxylation is 3. The summed E-state index contributed by atoms with van der Waals surface area (Å²) >= 11 is 0. The van der Waals surface area contributed by atoms with E-state index in [4.69, 9.17) is 14.2 Å². The monoisotopic (exact) mass is 438 g/mol. The molecule has 2 aliphatic heterocycles. The first kappa shape index (κ1) is 22.8. The lowest BCUT2D eigenvalue weighted by molar-refractivity contribution is -0.425. The molecule has 6 nitrogen and oxygen atoms in total. The van der Waals surface area contributed by atoms with Crippen LogP contribution in [0.2, 0.25) is 0 Å². The molecule has 0 aromatic heterocycles. The molecule has 6 heteroatoms. The molecule has 0 unspecified atom stereocenters. The average Bonchev–Trinajstić information content (AvgIpc) is 3.44. The van der Waals surface area contributed by atoms with Gasteiger partial charge in [0.1, 0.15) is 24.5 Å². The molecule has 0 amide bonds. The van der Waals surface area contributed by atoms with Gasteiger partial charge in [-0.15, -0.1) is 0 Å². The van der Waals surface area contributed by atoms with Gasteiger partial charge in [-0.1, -0.05) is 29.8 Å². The zero-order valence-corrected chi connectivity index (χ0v) is 20.0. The van der Waals surface area contributed by atoms with E-state index in [0.717, 1.165) is 32.5 Å². The number of rotatable bonds is 8. The van der Waals surface area contributed by atoms with E-state index in [9.17, 15) is 0 Å². The van der Waals surface area contributed by atoms with Gasteiger partial charge in [0.25, 0.3) is 6.48 Å². The lowest BCUT2D eigenvalue weighted by atomic mass is 10.0. The third-order valence-electron chi connectivity index (χ3n) is 6.47. The van der Waals surface area contributed by atoms with Gasteiger partial charge in [0.2, 0.25) is 6.34 Å². The molecule has 172 valence electrons. The van der Waals surface area contributed by atoms with Crippen molar-refractivity contribution < 1.29 is 18.8 Å². The Labute approximate surface area is 192 Å². The summed E-state index contributed by atoms with van der Waals surface area (Å²) in [6.45, 7) is 9.53. The standard InChI is InChI=1S/C26H36N3O3/c1-19-15-20(2)25(21(3)16-19)28-14-13-27(18-28)23-10-6-7-11-24(23)29-12-8-9-22(29)17-32-26(30-4)31-5/h6-7,10-11,15-16,18,22,26H,8-9,12-14,17H2,1-5H3/q+1/t22-/m0/s1. The number of hydrogen-bond acceptors (Lipinski definition) is 5. The fraction of sp³-hybridized carbons (Fsp3) is 0.500. The van der Waals surface area contributed by atoms with Crippen molar-refractivity contribution in [2.45, 2.75) is 46.1 Å². The lowest BCUT2D eigenvalue weighted by Gasteiger charge is -2.29. The normalized spacial score (nSPS) is 18.7. The highest BCUT2D eigenvalue weighted by Crippen LogP contribution is 2.35. The number of ether oxygens (including phenoxy) is 3. The van der Waals surface area contributed by atoms with Gasteiger partial charge in [-0.3, -0.25) is 0 Å². The summed E-state index contributed by atoms with van der Waals surface area (Å²) in [6, 6.07) is 13.6. The summed E-state index contributed by atoms with van der Waals surface area (Å²) in [5.74, 6) is 0. The molecular weight excluding hydrogens is 402 g/mol. The van der Waals surface area contributed by atoms with Gasteiger partial charge in [-0.05, 0) is 56.9 Å². The van der Waals surface area contributed by atoms with Crippen molar-refractivity contribution in [3.05, 3.63) is 53.1 Å². The molecule has 0 N–H and O–H groups in total. The highest BCUT2D eigenvalue weighted by molar-refractivity contribution is 5.86. The van der Waals surface area contributed by atoms with E-state index < -0.39 is 6.48 Å². The van der Waals surface area contributed by atoms with Crippen LogP contribution in [0.25, 0.3) is 0 Å². The van der Waals surface area contributed by atoms with E-state index in [1.165, 1.54) is 33.8 Å². The maximum atomic E-state index is 5.84. The van der Waals surface area contributed by atoms with Crippen molar-refractivity contribution in [3.8, 4) is 0 Å². The molecule has 2 aromatic rings. The van der Waals surface area contributed by atoms with Crippen LogP contribution in [0, 0.1) is 20.8 Å². The second kappa shape index (κ2) is 10.0. The van der Waals surface area contributed by atoms with E-state index in [1.807, 2.05) is 0 Å². The van der Waals surface area contributed by atoms with E-state index >= 15 is 0 Å². The molecule has 4 rings (SSSR count). The summed E-state index contributed by atoms with van der Waals surface area (Å²) in [5.41, 5.74) is 7.82. The zero-order valence-electron chi connectivity index (χ0n) is 20.0. The van der Waals surface area contributed by atoms with Crippen LogP contribution < -0.4 is 9.80 Å². The van der Waals surface area contributed by atoms with Gasteiger partial charge in [-0.25, -0.2) is 9.48 Å². The Hall–Kier alpha value is -2.41. The largest absolute Gasteiger partial charge is 0.363 e. The minimum atomic E-state index is -0.617. The third-order valence-corrected chi connectivity index (χ3v) is 6.47. The van der Waals surface area contributed by atoms with E-state index in [0.29, 0.717) is 12.6 Å².